The van der Waals surface area contributed by atoms with E-state index in [1.807, 2.05) is 36.4 Å². The highest BCUT2D eigenvalue weighted by atomic mass is 32.2. The van der Waals surface area contributed by atoms with Crippen LogP contribution in [0.3, 0.4) is 0 Å². The molecule has 1 unspecified atom stereocenters. The van der Waals surface area contributed by atoms with Crippen molar-refractivity contribution in [3.05, 3.63) is 48.8 Å². The van der Waals surface area contributed by atoms with Crippen LogP contribution in [0.15, 0.2) is 58.8 Å². The molecule has 1 atom stereocenters. The lowest BCUT2D eigenvalue weighted by Crippen LogP contribution is -2.08. The molecule has 5 heteroatoms. The second-order valence-corrected chi connectivity index (χ2v) is 5.74. The van der Waals surface area contributed by atoms with E-state index < -0.39 is 0 Å². The van der Waals surface area contributed by atoms with Gasteiger partial charge >= 0.3 is 0 Å². The van der Waals surface area contributed by atoms with Crippen LogP contribution >= 0.6 is 23.5 Å². The second kappa shape index (κ2) is 7.18. The Hall–Kier alpha value is -1.33. The third kappa shape index (κ3) is 4.16. The summed E-state index contributed by atoms with van der Waals surface area (Å²) < 4.78 is 0. The molecule has 0 saturated heterocycles. The molecule has 0 aromatic carbocycles. The van der Waals surface area contributed by atoms with Gasteiger partial charge in [-0.1, -0.05) is 23.9 Å². The van der Waals surface area contributed by atoms with Gasteiger partial charge in [0.05, 0.1) is 15.3 Å². The minimum atomic E-state index is -0.105. The number of pyridine rings is 2. The lowest BCUT2D eigenvalue weighted by molar-refractivity contribution is -0.107. The first-order valence-corrected chi connectivity index (χ1v) is 7.32. The first kappa shape index (κ1) is 13.1. The van der Waals surface area contributed by atoms with Crippen LogP contribution in [0.5, 0.6) is 0 Å². The Morgan fingerprint density at radius 1 is 1.06 bits per heavy atom. The topological polar surface area (TPSA) is 42.9 Å². The average molecular weight is 276 g/mol. The zero-order valence-corrected chi connectivity index (χ0v) is 11.2. The fourth-order valence-corrected chi connectivity index (χ4v) is 3.12. The zero-order valence-electron chi connectivity index (χ0n) is 9.60. The van der Waals surface area contributed by atoms with Gasteiger partial charge in [-0.3, -0.25) is 0 Å². The van der Waals surface area contributed by atoms with Crippen molar-refractivity contribution in [1.29, 1.82) is 0 Å². The van der Waals surface area contributed by atoms with E-state index in [0.717, 1.165) is 16.3 Å². The van der Waals surface area contributed by atoms with Gasteiger partial charge in [0.2, 0.25) is 0 Å². The SMILES string of the molecule is O=CC(CSc1ccccn1)Sc1ccccn1. The molecule has 0 N–H and O–H groups in total. The maximum Gasteiger partial charge on any atom is 0.134 e. The summed E-state index contributed by atoms with van der Waals surface area (Å²) in [6.45, 7) is 0. The Morgan fingerprint density at radius 2 is 1.72 bits per heavy atom. The monoisotopic (exact) mass is 276 g/mol. The summed E-state index contributed by atoms with van der Waals surface area (Å²) in [6.07, 6.45) is 4.45. The summed E-state index contributed by atoms with van der Waals surface area (Å²) in [4.78, 5) is 19.5. The number of hydrogen-bond acceptors (Lipinski definition) is 5. The molecule has 92 valence electrons. The van der Waals surface area contributed by atoms with Crippen molar-refractivity contribution in [3.8, 4) is 0 Å². The minimum absolute atomic E-state index is 0.105. The number of thioether (sulfide) groups is 2. The molecule has 2 heterocycles. The van der Waals surface area contributed by atoms with Crippen LogP contribution < -0.4 is 0 Å². The van der Waals surface area contributed by atoms with Crippen molar-refractivity contribution in [2.75, 3.05) is 5.75 Å². The zero-order chi connectivity index (χ0) is 12.6. The quantitative estimate of drug-likeness (QED) is 0.599. The molecule has 2 aromatic heterocycles. The summed E-state index contributed by atoms with van der Waals surface area (Å²) in [5, 5.41) is 1.70. The van der Waals surface area contributed by atoms with Crippen molar-refractivity contribution in [3.63, 3.8) is 0 Å². The van der Waals surface area contributed by atoms with Gasteiger partial charge in [0.25, 0.3) is 0 Å². The Labute approximate surface area is 114 Å². The van der Waals surface area contributed by atoms with E-state index in [0.29, 0.717) is 5.75 Å². The Bertz CT molecular complexity index is 479. The summed E-state index contributed by atoms with van der Waals surface area (Å²) in [5.41, 5.74) is 0. The van der Waals surface area contributed by atoms with Crippen molar-refractivity contribution in [1.82, 2.24) is 9.97 Å². The molecule has 0 aliphatic heterocycles. The van der Waals surface area contributed by atoms with Crippen LogP contribution in [0.2, 0.25) is 0 Å². The van der Waals surface area contributed by atoms with Gasteiger partial charge < -0.3 is 4.79 Å². The highest BCUT2D eigenvalue weighted by Gasteiger charge is 2.10. The van der Waals surface area contributed by atoms with E-state index in [1.165, 1.54) is 11.8 Å². The maximum absolute atomic E-state index is 11.0. The van der Waals surface area contributed by atoms with Gasteiger partial charge in [0.15, 0.2) is 0 Å². The molecule has 0 radical (unpaired) electrons. The molecule has 3 nitrogen and oxygen atoms in total. The highest BCUT2D eigenvalue weighted by molar-refractivity contribution is 8.03. The molecule has 0 fully saturated rings. The van der Waals surface area contributed by atoms with Gasteiger partial charge in [0.1, 0.15) is 6.29 Å². The van der Waals surface area contributed by atoms with Crippen molar-refractivity contribution >= 4 is 29.8 Å². The predicted octanol–water partition coefficient (Wildman–Crippen LogP) is 2.93. The molecule has 0 aliphatic carbocycles. The third-order valence-corrected chi connectivity index (χ3v) is 4.43. The summed E-state index contributed by atoms with van der Waals surface area (Å²) in [7, 11) is 0. The average Bonchev–Trinajstić information content (AvgIpc) is 2.45. The Kier molecular flexibility index (Phi) is 5.23. The molecular weight excluding hydrogens is 264 g/mol. The summed E-state index contributed by atoms with van der Waals surface area (Å²) in [6, 6.07) is 11.5. The van der Waals surface area contributed by atoms with Gasteiger partial charge in [-0.2, -0.15) is 0 Å². The molecular formula is C13H12N2OS2. The molecule has 0 amide bonds. The maximum atomic E-state index is 11.0. The minimum Gasteiger partial charge on any atom is -0.302 e. The van der Waals surface area contributed by atoms with Crippen LogP contribution in [0.25, 0.3) is 0 Å². The Morgan fingerprint density at radius 3 is 2.28 bits per heavy atom. The fourth-order valence-electron chi connectivity index (χ4n) is 1.27. The predicted molar refractivity (Wildman–Crippen MR) is 74.9 cm³/mol. The van der Waals surface area contributed by atoms with E-state index >= 15 is 0 Å². The standard InChI is InChI=1S/C13H12N2OS2/c16-9-11(18-13-6-2-4-8-15-13)10-17-12-5-1-3-7-14-12/h1-9,11H,10H2. The van der Waals surface area contributed by atoms with E-state index in [1.54, 1.807) is 24.2 Å². The normalized spacial score (nSPS) is 12.0. The van der Waals surface area contributed by atoms with E-state index in [4.69, 9.17) is 0 Å². The molecule has 0 bridgehead atoms. The smallest absolute Gasteiger partial charge is 0.134 e. The number of aldehydes is 1. The van der Waals surface area contributed by atoms with E-state index in [2.05, 4.69) is 9.97 Å². The number of carbonyl (C=O) groups is 1. The third-order valence-electron chi connectivity index (χ3n) is 2.09. The first-order valence-electron chi connectivity index (χ1n) is 5.45. The number of aromatic nitrogens is 2. The van der Waals surface area contributed by atoms with Crippen LogP contribution in [0.4, 0.5) is 0 Å². The van der Waals surface area contributed by atoms with Gasteiger partial charge in [-0.25, -0.2) is 9.97 Å². The first-order chi connectivity index (χ1) is 8.88. The summed E-state index contributed by atoms with van der Waals surface area (Å²) >= 11 is 3.06. The van der Waals surface area contributed by atoms with Crippen molar-refractivity contribution < 1.29 is 4.79 Å². The Balaban J connectivity index is 1.88. The molecule has 0 saturated carbocycles. The van der Waals surface area contributed by atoms with Gasteiger partial charge in [-0.05, 0) is 24.3 Å². The number of nitrogens with zero attached hydrogens (tertiary/aromatic N) is 2. The molecule has 0 aliphatic rings. The second-order valence-electron chi connectivity index (χ2n) is 3.44. The molecule has 2 rings (SSSR count). The van der Waals surface area contributed by atoms with Gasteiger partial charge in [0, 0.05) is 18.1 Å². The number of hydrogen-bond donors (Lipinski definition) is 0. The van der Waals surface area contributed by atoms with Crippen LogP contribution in [0, 0.1) is 0 Å². The van der Waals surface area contributed by atoms with E-state index in [-0.39, 0.29) is 5.25 Å². The van der Waals surface area contributed by atoms with Crippen LogP contribution in [-0.2, 0) is 4.79 Å². The molecule has 2 aromatic rings. The number of carbonyl (C=O) groups excluding carboxylic acids is 1. The van der Waals surface area contributed by atoms with Crippen LogP contribution in [-0.4, -0.2) is 27.3 Å². The number of rotatable bonds is 6. The lowest BCUT2D eigenvalue weighted by atomic mass is 10.5. The van der Waals surface area contributed by atoms with Crippen LogP contribution in [0.1, 0.15) is 0 Å². The van der Waals surface area contributed by atoms with E-state index in [9.17, 15) is 4.79 Å². The van der Waals surface area contributed by atoms with Crippen molar-refractivity contribution in [2.45, 2.75) is 15.3 Å². The lowest BCUT2D eigenvalue weighted by Gasteiger charge is -2.08. The largest absolute Gasteiger partial charge is 0.302 e. The molecule has 0 spiro atoms. The van der Waals surface area contributed by atoms with Crippen molar-refractivity contribution in [2.24, 2.45) is 0 Å². The summed E-state index contributed by atoms with van der Waals surface area (Å²) in [5.74, 6) is 0.696. The van der Waals surface area contributed by atoms with Gasteiger partial charge in [-0.15, -0.1) is 11.8 Å². The fraction of sp³-hybridized carbons (Fsp3) is 0.154. The highest BCUT2D eigenvalue weighted by Crippen LogP contribution is 2.25. The molecule has 18 heavy (non-hydrogen) atoms.